The molecule has 0 aliphatic carbocycles. The quantitative estimate of drug-likeness (QED) is 0.604. The van der Waals surface area contributed by atoms with Crippen LogP contribution >= 0.6 is 0 Å². The van der Waals surface area contributed by atoms with Gasteiger partial charge in [-0.1, -0.05) is 54.1 Å². The summed E-state index contributed by atoms with van der Waals surface area (Å²) < 4.78 is 10.9. The van der Waals surface area contributed by atoms with Crippen molar-refractivity contribution in [1.29, 1.82) is 0 Å². The van der Waals surface area contributed by atoms with Gasteiger partial charge in [-0.25, -0.2) is 9.59 Å². The van der Waals surface area contributed by atoms with Gasteiger partial charge in [-0.2, -0.15) is 0 Å². The minimum absolute atomic E-state index is 0.0386. The second-order valence-corrected chi connectivity index (χ2v) is 7.39. The Bertz CT molecular complexity index is 784. The summed E-state index contributed by atoms with van der Waals surface area (Å²) in [7, 11) is 0. The molecule has 2 aromatic carbocycles. The highest BCUT2D eigenvalue weighted by Gasteiger charge is 2.20. The highest BCUT2D eigenvalue weighted by atomic mass is 16.5. The van der Waals surface area contributed by atoms with Gasteiger partial charge in [-0.05, 0) is 31.9 Å². The van der Waals surface area contributed by atoms with Crippen LogP contribution in [0.25, 0.3) is 0 Å². The summed E-state index contributed by atoms with van der Waals surface area (Å²) in [5.41, 5.74) is 4.10. The molecule has 3 N–H and O–H groups in total. The predicted molar refractivity (Wildman–Crippen MR) is 109 cm³/mol. The van der Waals surface area contributed by atoms with Gasteiger partial charge in [0.1, 0.15) is 6.54 Å². The molecule has 0 radical (unpaired) electrons. The third-order valence-corrected chi connectivity index (χ3v) is 4.36. The molecule has 6 heteroatoms. The van der Waals surface area contributed by atoms with Crippen molar-refractivity contribution in [2.45, 2.75) is 52.6 Å². The lowest BCUT2D eigenvalue weighted by Gasteiger charge is -2.16. The summed E-state index contributed by atoms with van der Waals surface area (Å²) in [6, 6.07) is 15.6. The molecule has 0 fully saturated rings. The van der Waals surface area contributed by atoms with E-state index < -0.39 is 12.1 Å². The molecule has 0 saturated carbocycles. The minimum Gasteiger partial charge on any atom is -0.479 e. The lowest BCUT2D eigenvalue weighted by molar-refractivity contribution is -0.585. The molecular formula is C23H30NO5+. The summed E-state index contributed by atoms with van der Waals surface area (Å²) in [5, 5.41) is 10.9. The number of primary amides is 1. The van der Waals surface area contributed by atoms with Crippen LogP contribution in [0.2, 0.25) is 0 Å². The second kappa shape index (κ2) is 11.5. The van der Waals surface area contributed by atoms with Crippen LogP contribution in [0.4, 0.5) is 0 Å². The molecule has 0 spiro atoms. The van der Waals surface area contributed by atoms with Gasteiger partial charge in [-0.3, -0.25) is 5.32 Å². The van der Waals surface area contributed by atoms with Crippen LogP contribution in [-0.2, 0) is 38.6 Å². The number of benzene rings is 2. The van der Waals surface area contributed by atoms with Crippen LogP contribution in [-0.4, -0.2) is 35.8 Å². The fraction of sp³-hybridized carbons (Fsp3) is 0.391. The van der Waals surface area contributed by atoms with Crippen molar-refractivity contribution in [3.05, 3.63) is 70.8 Å². The maximum atomic E-state index is 12.0. The summed E-state index contributed by atoms with van der Waals surface area (Å²) in [6.07, 6.45) is -0.705. The number of carboxylic acids is 1. The number of carbonyl (C=O) groups is 2. The third-order valence-electron chi connectivity index (χ3n) is 4.36. The van der Waals surface area contributed by atoms with Gasteiger partial charge in [0.2, 0.25) is 0 Å². The number of amides is 1. The molecule has 1 unspecified atom stereocenters. The molecular weight excluding hydrogens is 370 g/mol. The first-order valence-corrected chi connectivity index (χ1v) is 9.79. The lowest BCUT2D eigenvalue weighted by atomic mass is 10.1. The normalized spacial score (nSPS) is 12.1. The number of aryl methyl sites for hydroxylation is 1. The van der Waals surface area contributed by atoms with Gasteiger partial charge >= 0.3 is 11.9 Å². The van der Waals surface area contributed by atoms with E-state index in [0.29, 0.717) is 19.6 Å². The van der Waals surface area contributed by atoms with Crippen molar-refractivity contribution in [3.63, 3.8) is 0 Å². The Balaban J connectivity index is 1.73. The Labute approximate surface area is 171 Å². The zero-order chi connectivity index (χ0) is 21.2. The largest absolute Gasteiger partial charge is 0.479 e. The fourth-order valence-electron chi connectivity index (χ4n) is 2.79. The monoisotopic (exact) mass is 400 g/mol. The van der Waals surface area contributed by atoms with Crippen molar-refractivity contribution in [3.8, 4) is 0 Å². The SMILES string of the molecule is Cc1ccc(C[NH2+]C(=O)COCc2ccc(CC(OC(C)C)C(=O)O)cc2)cc1. The van der Waals surface area contributed by atoms with Gasteiger partial charge in [-0.15, -0.1) is 0 Å². The van der Waals surface area contributed by atoms with Crippen molar-refractivity contribution in [2.75, 3.05) is 6.61 Å². The smallest absolute Gasteiger partial charge is 0.336 e. The molecule has 0 saturated heterocycles. The third kappa shape index (κ3) is 8.56. The van der Waals surface area contributed by atoms with Crippen molar-refractivity contribution in [1.82, 2.24) is 0 Å². The van der Waals surface area contributed by atoms with Gasteiger partial charge in [0.25, 0.3) is 0 Å². The first-order valence-electron chi connectivity index (χ1n) is 9.79. The van der Waals surface area contributed by atoms with E-state index in [1.165, 1.54) is 5.56 Å². The molecule has 0 bridgehead atoms. The molecule has 0 aromatic heterocycles. The molecule has 0 heterocycles. The maximum absolute atomic E-state index is 12.0. The first-order chi connectivity index (χ1) is 13.8. The Kier molecular flexibility index (Phi) is 8.99. The number of hydrogen-bond donors (Lipinski definition) is 2. The number of aliphatic carboxylic acids is 1. The highest BCUT2D eigenvalue weighted by molar-refractivity contribution is 5.72. The first kappa shape index (κ1) is 22.7. The van der Waals surface area contributed by atoms with Gasteiger partial charge < -0.3 is 14.6 Å². The Morgan fingerprint density at radius 2 is 1.55 bits per heavy atom. The minimum atomic E-state index is -0.966. The summed E-state index contributed by atoms with van der Waals surface area (Å²) in [5.74, 6) is -1.01. The second-order valence-electron chi connectivity index (χ2n) is 7.39. The summed E-state index contributed by atoms with van der Waals surface area (Å²) in [6.45, 7) is 6.63. The molecule has 2 rings (SSSR count). The van der Waals surface area contributed by atoms with E-state index in [9.17, 15) is 14.7 Å². The lowest BCUT2D eigenvalue weighted by Crippen LogP contribution is -2.87. The van der Waals surface area contributed by atoms with Crippen LogP contribution in [0.1, 0.15) is 36.1 Å². The van der Waals surface area contributed by atoms with Crippen LogP contribution in [0.5, 0.6) is 0 Å². The van der Waals surface area contributed by atoms with E-state index in [-0.39, 0.29) is 18.6 Å². The van der Waals surface area contributed by atoms with E-state index in [0.717, 1.165) is 16.7 Å². The van der Waals surface area contributed by atoms with Gasteiger partial charge in [0.15, 0.2) is 12.7 Å². The molecule has 6 nitrogen and oxygen atoms in total. The average molecular weight is 400 g/mol. The van der Waals surface area contributed by atoms with Crippen LogP contribution < -0.4 is 5.32 Å². The zero-order valence-electron chi connectivity index (χ0n) is 17.3. The van der Waals surface area contributed by atoms with Gasteiger partial charge in [0, 0.05) is 12.0 Å². The van der Waals surface area contributed by atoms with Crippen LogP contribution in [0.3, 0.4) is 0 Å². The van der Waals surface area contributed by atoms with Crippen molar-refractivity contribution in [2.24, 2.45) is 0 Å². The number of carboxylic acid groups (broad SMARTS) is 1. The van der Waals surface area contributed by atoms with E-state index in [1.54, 1.807) is 5.32 Å². The number of quaternary nitrogens is 1. The molecule has 156 valence electrons. The number of rotatable bonds is 11. The number of hydrogen-bond acceptors (Lipinski definition) is 4. The Hall–Kier alpha value is -2.54. The molecule has 29 heavy (non-hydrogen) atoms. The molecule has 1 atom stereocenters. The molecule has 0 aliphatic rings. The molecule has 2 aromatic rings. The van der Waals surface area contributed by atoms with E-state index in [4.69, 9.17) is 9.47 Å². The van der Waals surface area contributed by atoms with E-state index in [1.807, 2.05) is 69.3 Å². The summed E-state index contributed by atoms with van der Waals surface area (Å²) in [4.78, 5) is 23.2. The highest BCUT2D eigenvalue weighted by Crippen LogP contribution is 2.11. The van der Waals surface area contributed by atoms with Crippen molar-refractivity contribution < 1.29 is 29.5 Å². The molecule has 1 amide bonds. The summed E-state index contributed by atoms with van der Waals surface area (Å²) >= 11 is 0. The van der Waals surface area contributed by atoms with E-state index in [2.05, 4.69) is 0 Å². The standard InChI is InChI=1S/C23H29NO5/c1-16(2)29-21(23(26)27)12-18-8-10-20(11-9-18)14-28-15-22(25)24-13-19-6-4-17(3)5-7-19/h4-11,16,21H,12-15H2,1-3H3,(H,24,25)(H,26,27)/p+1. The fourth-order valence-corrected chi connectivity index (χ4v) is 2.79. The zero-order valence-corrected chi connectivity index (χ0v) is 17.3. The number of ether oxygens (including phenoxy) is 2. The Morgan fingerprint density at radius 3 is 2.14 bits per heavy atom. The van der Waals surface area contributed by atoms with Crippen molar-refractivity contribution >= 4 is 11.9 Å². The van der Waals surface area contributed by atoms with Crippen LogP contribution in [0.15, 0.2) is 48.5 Å². The predicted octanol–water partition coefficient (Wildman–Crippen LogP) is 2.22. The number of carbonyl (C=O) groups excluding carboxylic acids is 1. The van der Waals surface area contributed by atoms with E-state index >= 15 is 0 Å². The van der Waals surface area contributed by atoms with Gasteiger partial charge in [0.05, 0.1) is 12.7 Å². The average Bonchev–Trinajstić information content (AvgIpc) is 2.68. The number of nitrogens with two attached hydrogens (primary N) is 1. The maximum Gasteiger partial charge on any atom is 0.336 e. The Morgan fingerprint density at radius 1 is 0.966 bits per heavy atom. The van der Waals surface area contributed by atoms with Crippen LogP contribution in [0, 0.1) is 6.92 Å². The molecule has 0 aliphatic heterocycles. The topological polar surface area (TPSA) is 89.4 Å².